The van der Waals surface area contributed by atoms with Crippen LogP contribution in [0.3, 0.4) is 0 Å². The number of H-pyrrole nitrogens is 1. The minimum absolute atomic E-state index is 0.109. The summed E-state index contributed by atoms with van der Waals surface area (Å²) < 4.78 is 0. The molecular weight excluding hydrogens is 302 g/mol. The number of fused-ring (bicyclic) bond motifs is 1. The lowest BCUT2D eigenvalue weighted by Gasteiger charge is -2.35. The van der Waals surface area contributed by atoms with Crippen molar-refractivity contribution >= 4 is 11.4 Å². The van der Waals surface area contributed by atoms with E-state index in [1.54, 1.807) is 6.20 Å². The Hall–Kier alpha value is -2.34. The molecule has 0 atom stereocenters. The maximum Gasteiger partial charge on any atom is 0.269 e. The first-order valence-electron chi connectivity index (χ1n) is 8.47. The van der Waals surface area contributed by atoms with Crippen molar-refractivity contribution in [1.29, 1.82) is 0 Å². The van der Waals surface area contributed by atoms with Crippen LogP contribution in [0.2, 0.25) is 0 Å². The van der Waals surface area contributed by atoms with Gasteiger partial charge in [0.05, 0.1) is 11.9 Å². The molecular formula is C18H23N5O. The fourth-order valence-electron chi connectivity index (χ4n) is 3.69. The average Bonchev–Trinajstić information content (AvgIpc) is 3.02. The van der Waals surface area contributed by atoms with Crippen molar-refractivity contribution in [3.63, 3.8) is 0 Å². The molecule has 3 heterocycles. The summed E-state index contributed by atoms with van der Waals surface area (Å²) in [7, 11) is 2.18. The molecule has 6 heteroatoms. The van der Waals surface area contributed by atoms with Gasteiger partial charge in [0.2, 0.25) is 0 Å². The number of aromatic amines is 1. The highest BCUT2D eigenvalue weighted by atomic mass is 16.1. The molecule has 0 saturated carbocycles. The number of piperazine rings is 1. The van der Waals surface area contributed by atoms with Gasteiger partial charge in [-0.3, -0.25) is 4.79 Å². The van der Waals surface area contributed by atoms with Gasteiger partial charge in [0.15, 0.2) is 0 Å². The third-order valence-corrected chi connectivity index (χ3v) is 5.22. The summed E-state index contributed by atoms with van der Waals surface area (Å²) in [5.41, 5.74) is 5.65. The molecule has 2 aliphatic rings. The van der Waals surface area contributed by atoms with Crippen LogP contribution in [0.1, 0.15) is 16.7 Å². The van der Waals surface area contributed by atoms with Gasteiger partial charge in [-0.2, -0.15) is 5.10 Å². The van der Waals surface area contributed by atoms with Gasteiger partial charge in [0.1, 0.15) is 0 Å². The molecule has 0 unspecified atom stereocenters. The maximum absolute atomic E-state index is 11.9. The number of aromatic nitrogens is 2. The van der Waals surface area contributed by atoms with Crippen LogP contribution in [0.15, 0.2) is 29.2 Å². The predicted molar refractivity (Wildman–Crippen MR) is 95.6 cm³/mol. The molecule has 1 aromatic heterocycles. The molecule has 4 rings (SSSR count). The van der Waals surface area contributed by atoms with Crippen LogP contribution in [0.25, 0.3) is 0 Å². The summed E-state index contributed by atoms with van der Waals surface area (Å²) in [6.45, 7) is 7.87. The molecule has 0 radical (unpaired) electrons. The van der Waals surface area contributed by atoms with E-state index in [0.717, 1.165) is 50.5 Å². The number of nitrogens with zero attached hydrogens (tertiary/aromatic N) is 4. The lowest BCUT2D eigenvalue weighted by atomic mass is 10.1. The zero-order chi connectivity index (χ0) is 16.7. The van der Waals surface area contributed by atoms with Gasteiger partial charge < -0.3 is 14.7 Å². The SMILES string of the molecule is Cc1c(N2Cc3cccc(N4CCN(C)CC4)c3C2)cn[nH]c1=O. The number of benzene rings is 1. The molecule has 0 amide bonds. The quantitative estimate of drug-likeness (QED) is 0.903. The lowest BCUT2D eigenvalue weighted by molar-refractivity contribution is 0.312. The van der Waals surface area contributed by atoms with E-state index in [-0.39, 0.29) is 5.56 Å². The number of likely N-dealkylation sites (N-methyl/N-ethyl adjacent to an activating group) is 1. The average molecular weight is 325 g/mol. The second-order valence-corrected chi connectivity index (χ2v) is 6.77. The molecule has 1 aromatic carbocycles. The smallest absolute Gasteiger partial charge is 0.269 e. The number of hydrogen-bond acceptors (Lipinski definition) is 5. The standard InChI is InChI=1S/C18H23N5O/c1-13-17(10-19-20-18(13)24)23-11-14-4-3-5-16(15(14)12-23)22-8-6-21(2)7-9-22/h3-5,10H,6-9,11-12H2,1-2H3,(H,20,24). The Morgan fingerprint density at radius 2 is 1.83 bits per heavy atom. The first-order chi connectivity index (χ1) is 11.6. The van der Waals surface area contributed by atoms with Crippen LogP contribution in [0.4, 0.5) is 11.4 Å². The fourth-order valence-corrected chi connectivity index (χ4v) is 3.69. The van der Waals surface area contributed by atoms with E-state index in [0.29, 0.717) is 0 Å². The van der Waals surface area contributed by atoms with E-state index in [1.807, 2.05) is 6.92 Å². The highest BCUT2D eigenvalue weighted by Crippen LogP contribution is 2.35. The van der Waals surface area contributed by atoms with Crippen LogP contribution < -0.4 is 15.4 Å². The van der Waals surface area contributed by atoms with E-state index in [1.165, 1.54) is 16.8 Å². The monoisotopic (exact) mass is 325 g/mol. The second kappa shape index (κ2) is 5.94. The zero-order valence-electron chi connectivity index (χ0n) is 14.2. The van der Waals surface area contributed by atoms with Crippen molar-refractivity contribution in [3.8, 4) is 0 Å². The van der Waals surface area contributed by atoms with Crippen LogP contribution >= 0.6 is 0 Å². The first kappa shape index (κ1) is 15.2. The van der Waals surface area contributed by atoms with Gasteiger partial charge in [0, 0.05) is 50.5 Å². The third kappa shape index (κ3) is 2.57. The largest absolute Gasteiger partial charge is 0.369 e. The van der Waals surface area contributed by atoms with E-state index in [4.69, 9.17) is 0 Å². The van der Waals surface area contributed by atoms with Crippen molar-refractivity contribution < 1.29 is 0 Å². The molecule has 2 aliphatic heterocycles. The number of rotatable bonds is 2. The molecule has 1 N–H and O–H groups in total. The summed E-state index contributed by atoms with van der Waals surface area (Å²) in [6.07, 6.45) is 1.76. The summed E-state index contributed by atoms with van der Waals surface area (Å²) in [4.78, 5) is 19.0. The minimum atomic E-state index is -0.109. The Balaban J connectivity index is 1.64. The van der Waals surface area contributed by atoms with Crippen molar-refractivity contribution in [3.05, 3.63) is 51.4 Å². The molecule has 1 fully saturated rings. The van der Waals surface area contributed by atoms with Crippen LogP contribution in [0, 0.1) is 6.92 Å². The van der Waals surface area contributed by atoms with Crippen LogP contribution in [0.5, 0.6) is 0 Å². The number of nitrogens with one attached hydrogen (secondary N) is 1. The summed E-state index contributed by atoms with van der Waals surface area (Å²) in [5, 5.41) is 6.48. The molecule has 126 valence electrons. The molecule has 0 bridgehead atoms. The van der Waals surface area contributed by atoms with E-state index in [9.17, 15) is 4.79 Å². The Morgan fingerprint density at radius 1 is 1.04 bits per heavy atom. The van der Waals surface area contributed by atoms with Gasteiger partial charge in [-0.15, -0.1) is 0 Å². The lowest BCUT2D eigenvalue weighted by Crippen LogP contribution is -2.44. The zero-order valence-corrected chi connectivity index (χ0v) is 14.2. The van der Waals surface area contributed by atoms with Gasteiger partial charge in [-0.25, -0.2) is 5.10 Å². The minimum Gasteiger partial charge on any atom is -0.369 e. The maximum atomic E-state index is 11.9. The molecule has 24 heavy (non-hydrogen) atoms. The van der Waals surface area contributed by atoms with Crippen LogP contribution in [-0.2, 0) is 13.1 Å². The molecule has 1 saturated heterocycles. The van der Waals surface area contributed by atoms with Gasteiger partial charge >= 0.3 is 0 Å². The highest BCUT2D eigenvalue weighted by Gasteiger charge is 2.26. The fraction of sp³-hybridized carbons (Fsp3) is 0.444. The molecule has 6 nitrogen and oxygen atoms in total. The molecule has 0 aliphatic carbocycles. The number of hydrogen-bond donors (Lipinski definition) is 1. The van der Waals surface area contributed by atoms with Crippen LogP contribution in [-0.4, -0.2) is 48.3 Å². The predicted octanol–water partition coefficient (Wildman–Crippen LogP) is 1.35. The summed E-state index contributed by atoms with van der Waals surface area (Å²) in [6, 6.07) is 6.58. The van der Waals surface area contributed by atoms with Gasteiger partial charge in [-0.05, 0) is 31.2 Å². The van der Waals surface area contributed by atoms with Crippen molar-refractivity contribution in [2.45, 2.75) is 20.0 Å². The second-order valence-electron chi connectivity index (χ2n) is 6.77. The topological polar surface area (TPSA) is 55.5 Å². The Labute approximate surface area is 141 Å². The Bertz CT molecular complexity index is 807. The Kier molecular flexibility index (Phi) is 3.76. The van der Waals surface area contributed by atoms with Crippen molar-refractivity contribution in [2.24, 2.45) is 0 Å². The van der Waals surface area contributed by atoms with Crippen molar-refractivity contribution in [1.82, 2.24) is 15.1 Å². The summed E-state index contributed by atoms with van der Waals surface area (Å²) >= 11 is 0. The Morgan fingerprint density at radius 3 is 2.62 bits per heavy atom. The van der Waals surface area contributed by atoms with E-state index >= 15 is 0 Å². The normalized spacial score (nSPS) is 18.1. The van der Waals surface area contributed by atoms with Gasteiger partial charge in [-0.1, -0.05) is 12.1 Å². The molecule has 0 spiro atoms. The van der Waals surface area contributed by atoms with E-state index < -0.39 is 0 Å². The first-order valence-corrected chi connectivity index (χ1v) is 8.47. The van der Waals surface area contributed by atoms with Gasteiger partial charge in [0.25, 0.3) is 5.56 Å². The summed E-state index contributed by atoms with van der Waals surface area (Å²) in [5.74, 6) is 0. The third-order valence-electron chi connectivity index (χ3n) is 5.22. The van der Waals surface area contributed by atoms with E-state index in [2.05, 4.69) is 50.1 Å². The number of anilines is 2. The molecule has 2 aromatic rings. The van der Waals surface area contributed by atoms with Crippen molar-refractivity contribution in [2.75, 3.05) is 43.0 Å². The highest BCUT2D eigenvalue weighted by molar-refractivity contribution is 5.64.